The number of likely N-dealkylation sites (N-methyl/N-ethyl adjacent to an activating group) is 1. The summed E-state index contributed by atoms with van der Waals surface area (Å²) in [5.74, 6) is -0.545. The molecule has 0 saturated heterocycles. The lowest BCUT2D eigenvalue weighted by Crippen LogP contribution is -2.39. The highest BCUT2D eigenvalue weighted by atomic mass is 16.2. The zero-order valence-electron chi connectivity index (χ0n) is 24.1. The van der Waals surface area contributed by atoms with E-state index in [2.05, 4.69) is 5.32 Å². The molecule has 1 atom stereocenters. The molecule has 0 unspecified atom stereocenters. The standard InChI is InChI=1S/C35H34N4O2/c1-23-12-11-13-24(2)32(23)37-34(40)33(26-18-20-27(21-19-26)38(3)4)39(5)35(41)29-22-31(25-14-7-6-8-15-25)36-30-17-10-9-16-28(29)30/h6-22,33H,1-5H3,(H,37,40)/t33-/m1/s1. The van der Waals surface area contributed by atoms with Crippen molar-refractivity contribution in [1.82, 2.24) is 9.88 Å². The largest absolute Gasteiger partial charge is 0.378 e. The van der Waals surface area contributed by atoms with Crippen molar-refractivity contribution in [2.24, 2.45) is 0 Å². The van der Waals surface area contributed by atoms with Crippen LogP contribution < -0.4 is 10.2 Å². The van der Waals surface area contributed by atoms with Crippen molar-refractivity contribution in [1.29, 1.82) is 0 Å². The number of carbonyl (C=O) groups excluding carboxylic acids is 2. The molecule has 0 saturated carbocycles. The monoisotopic (exact) mass is 542 g/mol. The van der Waals surface area contributed by atoms with Crippen LogP contribution in [0.2, 0.25) is 0 Å². The summed E-state index contributed by atoms with van der Waals surface area (Å²) in [6, 6.07) is 32.0. The van der Waals surface area contributed by atoms with Gasteiger partial charge in [0, 0.05) is 43.5 Å². The highest BCUT2D eigenvalue weighted by molar-refractivity contribution is 6.09. The number of carbonyl (C=O) groups is 2. The maximum atomic E-state index is 14.3. The number of fused-ring (bicyclic) bond motifs is 1. The Labute approximate surface area is 241 Å². The van der Waals surface area contributed by atoms with E-state index in [9.17, 15) is 9.59 Å². The highest BCUT2D eigenvalue weighted by Gasteiger charge is 2.31. The van der Waals surface area contributed by atoms with E-state index >= 15 is 0 Å². The smallest absolute Gasteiger partial charge is 0.255 e. The maximum absolute atomic E-state index is 14.3. The zero-order valence-corrected chi connectivity index (χ0v) is 24.1. The maximum Gasteiger partial charge on any atom is 0.255 e. The second-order valence-electron chi connectivity index (χ2n) is 10.5. The van der Waals surface area contributed by atoms with E-state index in [-0.39, 0.29) is 11.8 Å². The van der Waals surface area contributed by atoms with Crippen molar-refractivity contribution in [3.05, 3.63) is 125 Å². The molecule has 0 aliphatic rings. The Morgan fingerprint density at radius 3 is 2.05 bits per heavy atom. The minimum atomic E-state index is -0.871. The second-order valence-corrected chi connectivity index (χ2v) is 10.5. The van der Waals surface area contributed by atoms with Crippen LogP contribution in [0, 0.1) is 13.8 Å². The van der Waals surface area contributed by atoms with Gasteiger partial charge in [0.05, 0.1) is 16.8 Å². The Kier molecular flexibility index (Phi) is 7.83. The SMILES string of the molecule is Cc1cccc(C)c1NC(=O)[C@@H](c1ccc(N(C)C)cc1)N(C)C(=O)c1cc(-c2ccccc2)nc2ccccc12. The molecule has 2 amide bonds. The normalized spacial score (nSPS) is 11.6. The van der Waals surface area contributed by atoms with Crippen molar-refractivity contribution in [3.8, 4) is 11.3 Å². The van der Waals surface area contributed by atoms with Crippen LogP contribution in [-0.2, 0) is 4.79 Å². The Morgan fingerprint density at radius 1 is 0.756 bits per heavy atom. The Morgan fingerprint density at radius 2 is 1.39 bits per heavy atom. The first kappa shape index (κ1) is 27.6. The van der Waals surface area contributed by atoms with Gasteiger partial charge in [-0.1, -0.05) is 78.9 Å². The van der Waals surface area contributed by atoms with Crippen LogP contribution in [0.5, 0.6) is 0 Å². The van der Waals surface area contributed by atoms with Gasteiger partial charge in [0.25, 0.3) is 11.8 Å². The summed E-state index contributed by atoms with van der Waals surface area (Å²) in [7, 11) is 5.62. The van der Waals surface area contributed by atoms with Crippen LogP contribution in [0.1, 0.15) is 33.1 Å². The minimum absolute atomic E-state index is 0.265. The fourth-order valence-electron chi connectivity index (χ4n) is 5.13. The lowest BCUT2D eigenvalue weighted by atomic mass is 9.99. The van der Waals surface area contributed by atoms with Crippen LogP contribution >= 0.6 is 0 Å². The molecule has 0 aliphatic carbocycles. The van der Waals surface area contributed by atoms with Gasteiger partial charge < -0.3 is 15.1 Å². The van der Waals surface area contributed by atoms with E-state index in [1.807, 2.05) is 136 Å². The Hall–Kier alpha value is -4.97. The molecule has 5 rings (SSSR count). The summed E-state index contributed by atoms with van der Waals surface area (Å²) in [6.07, 6.45) is 0. The third-order valence-corrected chi connectivity index (χ3v) is 7.43. The van der Waals surface area contributed by atoms with Crippen LogP contribution in [0.15, 0.2) is 103 Å². The predicted molar refractivity (Wildman–Crippen MR) is 167 cm³/mol. The third kappa shape index (κ3) is 5.68. The number of rotatable bonds is 7. The third-order valence-electron chi connectivity index (χ3n) is 7.43. The van der Waals surface area contributed by atoms with Crippen LogP contribution in [0.25, 0.3) is 22.2 Å². The fraction of sp³-hybridized carbons (Fsp3) is 0.171. The molecule has 41 heavy (non-hydrogen) atoms. The highest BCUT2D eigenvalue weighted by Crippen LogP contribution is 2.31. The molecule has 1 aromatic heterocycles. The van der Waals surface area contributed by atoms with E-state index in [0.29, 0.717) is 11.3 Å². The summed E-state index contributed by atoms with van der Waals surface area (Å²) in [5, 5.41) is 3.86. The molecular weight excluding hydrogens is 508 g/mol. The molecular formula is C35H34N4O2. The van der Waals surface area contributed by atoms with Gasteiger partial charge in [-0.05, 0) is 54.8 Å². The Bertz CT molecular complexity index is 1690. The van der Waals surface area contributed by atoms with Gasteiger partial charge in [0.1, 0.15) is 6.04 Å². The molecule has 1 N–H and O–H groups in total. The fourth-order valence-corrected chi connectivity index (χ4v) is 5.13. The number of benzene rings is 4. The summed E-state index contributed by atoms with van der Waals surface area (Å²) in [4.78, 5) is 36.7. The number of nitrogens with one attached hydrogen (secondary N) is 1. The average molecular weight is 543 g/mol. The van der Waals surface area contributed by atoms with E-state index in [1.54, 1.807) is 7.05 Å². The van der Waals surface area contributed by atoms with Crippen molar-refractivity contribution in [2.45, 2.75) is 19.9 Å². The predicted octanol–water partition coefficient (Wildman–Crippen LogP) is 7.04. The van der Waals surface area contributed by atoms with Crippen molar-refractivity contribution in [2.75, 3.05) is 31.4 Å². The summed E-state index contributed by atoms with van der Waals surface area (Å²) < 4.78 is 0. The van der Waals surface area contributed by atoms with Gasteiger partial charge in [0.2, 0.25) is 0 Å². The molecule has 6 heteroatoms. The lowest BCUT2D eigenvalue weighted by Gasteiger charge is -2.29. The van der Waals surface area contributed by atoms with E-state index in [1.165, 1.54) is 4.90 Å². The Balaban J connectivity index is 1.60. The molecule has 0 radical (unpaired) electrons. The van der Waals surface area contributed by atoms with Crippen molar-refractivity contribution in [3.63, 3.8) is 0 Å². The molecule has 206 valence electrons. The number of para-hydroxylation sites is 2. The molecule has 4 aromatic carbocycles. The van der Waals surface area contributed by atoms with Gasteiger partial charge in [-0.2, -0.15) is 0 Å². The number of amides is 2. The number of hydrogen-bond donors (Lipinski definition) is 1. The van der Waals surface area contributed by atoms with Gasteiger partial charge in [-0.25, -0.2) is 4.98 Å². The van der Waals surface area contributed by atoms with E-state index in [0.717, 1.165) is 44.5 Å². The van der Waals surface area contributed by atoms with Crippen molar-refractivity contribution >= 4 is 34.1 Å². The number of anilines is 2. The van der Waals surface area contributed by atoms with Crippen LogP contribution in [0.3, 0.4) is 0 Å². The van der Waals surface area contributed by atoms with Gasteiger partial charge in [0.15, 0.2) is 0 Å². The molecule has 5 aromatic rings. The summed E-state index contributed by atoms with van der Waals surface area (Å²) in [5.41, 5.74) is 7.23. The average Bonchev–Trinajstić information content (AvgIpc) is 2.99. The quantitative estimate of drug-likeness (QED) is 0.240. The lowest BCUT2D eigenvalue weighted by molar-refractivity contribution is -0.120. The molecule has 1 heterocycles. The number of pyridine rings is 1. The minimum Gasteiger partial charge on any atom is -0.378 e. The second kappa shape index (κ2) is 11.6. The molecule has 6 nitrogen and oxygen atoms in total. The van der Waals surface area contributed by atoms with Crippen LogP contribution in [0.4, 0.5) is 11.4 Å². The number of aromatic nitrogens is 1. The topological polar surface area (TPSA) is 65.5 Å². The first-order chi connectivity index (χ1) is 19.7. The first-order valence-electron chi connectivity index (χ1n) is 13.6. The summed E-state index contributed by atoms with van der Waals surface area (Å²) >= 11 is 0. The molecule has 0 bridgehead atoms. The first-order valence-corrected chi connectivity index (χ1v) is 13.6. The van der Waals surface area contributed by atoms with E-state index < -0.39 is 6.04 Å². The van der Waals surface area contributed by atoms with Crippen molar-refractivity contribution < 1.29 is 9.59 Å². The number of hydrogen-bond acceptors (Lipinski definition) is 4. The van der Waals surface area contributed by atoms with Gasteiger partial charge >= 0.3 is 0 Å². The zero-order chi connectivity index (χ0) is 29.1. The number of aryl methyl sites for hydroxylation is 2. The molecule has 0 spiro atoms. The summed E-state index contributed by atoms with van der Waals surface area (Å²) in [6.45, 7) is 3.93. The molecule has 0 aliphatic heterocycles. The van der Waals surface area contributed by atoms with Crippen LogP contribution in [-0.4, -0.2) is 42.8 Å². The number of nitrogens with zero attached hydrogens (tertiary/aromatic N) is 3. The molecule has 0 fully saturated rings. The van der Waals surface area contributed by atoms with Gasteiger partial charge in [-0.15, -0.1) is 0 Å². The van der Waals surface area contributed by atoms with Gasteiger partial charge in [-0.3, -0.25) is 9.59 Å². The van der Waals surface area contributed by atoms with E-state index in [4.69, 9.17) is 4.98 Å².